The van der Waals surface area contributed by atoms with Gasteiger partial charge in [0.2, 0.25) is 0 Å². The molecule has 0 rings (SSSR count). The Hall–Kier alpha value is -0.600. The highest BCUT2D eigenvalue weighted by molar-refractivity contribution is 7.47. The number of quaternary nitrogens is 1. The molecule has 0 saturated heterocycles. The van der Waals surface area contributed by atoms with Gasteiger partial charge in [-0.25, -0.2) is 4.57 Å². The number of ketones is 1. The fourth-order valence-corrected chi connectivity index (χ4v) is 7.09. The number of carbonyl (C=O) groups is 1. The Morgan fingerprint density at radius 1 is 0.667 bits per heavy atom. The van der Waals surface area contributed by atoms with Crippen LogP contribution < -0.4 is 0 Å². The number of phosphoric ester groups is 1. The smallest absolute Gasteiger partial charge is 0.394 e. The fourth-order valence-electron chi connectivity index (χ4n) is 6.21. The van der Waals surface area contributed by atoms with Gasteiger partial charge in [-0.2, -0.15) is 0 Å². The molecule has 0 aromatic carbocycles. The van der Waals surface area contributed by atoms with Crippen molar-refractivity contribution in [2.45, 2.75) is 206 Å². The van der Waals surface area contributed by atoms with Crippen molar-refractivity contribution in [1.82, 2.24) is 0 Å². The third-order valence-corrected chi connectivity index (χ3v) is 10.6. The van der Waals surface area contributed by atoms with Crippen LogP contribution in [0.2, 0.25) is 0 Å². The Morgan fingerprint density at radius 2 is 1.12 bits per heavy atom. The van der Waals surface area contributed by atoms with Crippen LogP contribution in [0.4, 0.5) is 0 Å². The molecule has 0 spiro atoms. The van der Waals surface area contributed by atoms with E-state index in [4.69, 9.17) is 13.8 Å². The number of aliphatic hydroxyl groups excluding tert-OH is 1. The summed E-state index contributed by atoms with van der Waals surface area (Å²) in [6.45, 7) is 4.57. The summed E-state index contributed by atoms with van der Waals surface area (Å²) in [6.07, 6.45) is 36.2. The van der Waals surface area contributed by atoms with Gasteiger partial charge in [-0.3, -0.25) is 13.8 Å². The van der Waals surface area contributed by atoms with Gasteiger partial charge in [-0.05, 0) is 38.5 Å². The van der Waals surface area contributed by atoms with E-state index in [1.165, 1.54) is 116 Å². The quantitative estimate of drug-likeness (QED) is 0.0278. The van der Waals surface area contributed by atoms with E-state index in [2.05, 4.69) is 26.0 Å². The first-order valence-corrected chi connectivity index (χ1v) is 22.9. The molecule has 0 radical (unpaired) electrons. The van der Waals surface area contributed by atoms with Crippen LogP contribution in [-0.2, 0) is 23.1 Å². The molecule has 2 N–H and O–H groups in total. The van der Waals surface area contributed by atoms with Gasteiger partial charge in [-0.15, -0.1) is 0 Å². The number of allylic oxidation sites excluding steroid dienone is 2. The van der Waals surface area contributed by atoms with Gasteiger partial charge in [0.15, 0.2) is 0 Å². The maximum atomic E-state index is 13.0. The Bertz CT molecular complexity index is 848. The summed E-state index contributed by atoms with van der Waals surface area (Å²) >= 11 is 0. The lowest BCUT2D eigenvalue weighted by molar-refractivity contribution is -0.870. The number of aliphatic hydroxyl groups is 1. The number of Topliss-reactive ketones (excluding diaryl/α,β-unsaturated/α-hetero) is 1. The zero-order valence-electron chi connectivity index (χ0n) is 34.3. The van der Waals surface area contributed by atoms with E-state index in [0.717, 1.165) is 51.4 Å². The molecule has 0 saturated carbocycles. The largest absolute Gasteiger partial charge is 0.472 e. The van der Waals surface area contributed by atoms with E-state index in [1.807, 2.05) is 21.1 Å². The highest BCUT2D eigenvalue weighted by Crippen LogP contribution is 2.44. The zero-order valence-corrected chi connectivity index (χ0v) is 35.2. The van der Waals surface area contributed by atoms with Crippen LogP contribution in [0, 0.1) is 0 Å². The summed E-state index contributed by atoms with van der Waals surface area (Å²) in [6, 6.07) is 0. The van der Waals surface area contributed by atoms with Gasteiger partial charge >= 0.3 is 7.82 Å². The molecule has 0 aliphatic rings. The number of hydrogen-bond donors (Lipinski definition) is 2. The Labute approximate surface area is 316 Å². The number of unbranched alkanes of at least 4 members (excludes halogenated alkanes) is 22. The average molecular weight is 747 g/mol. The molecule has 304 valence electrons. The molecule has 0 heterocycles. The SMILES string of the molecule is CCCCCCCCC=CCCCCCCC(CC(=O)CCCCCCCCCCCCCCC)OC[C@H](CO)OP(=O)(O)OCC[N+](C)(C)C. The van der Waals surface area contributed by atoms with Gasteiger partial charge in [0, 0.05) is 12.8 Å². The molecule has 51 heavy (non-hydrogen) atoms. The lowest BCUT2D eigenvalue weighted by Gasteiger charge is -2.25. The Morgan fingerprint density at radius 3 is 1.59 bits per heavy atom. The van der Waals surface area contributed by atoms with Crippen molar-refractivity contribution in [3.8, 4) is 0 Å². The van der Waals surface area contributed by atoms with Crippen LogP contribution >= 0.6 is 7.82 Å². The summed E-state index contributed by atoms with van der Waals surface area (Å²) in [5.74, 6) is 0.205. The summed E-state index contributed by atoms with van der Waals surface area (Å²) in [5.41, 5.74) is 0. The molecule has 3 atom stereocenters. The standard InChI is InChI=1S/C42H84NO7P/c1-6-8-10-12-14-16-18-20-22-24-26-28-30-32-34-41(48-39-42(38-44)50-51(46,47)49-36-35-43(3,4)5)37-40(45)33-31-29-27-25-23-21-19-17-15-13-11-9-7-2/h20,22,41-42,44H,6-19,21,23-39H2,1-5H3/p+1/t41?,42-/m0/s1. The van der Waals surface area contributed by atoms with Crippen molar-refractivity contribution in [1.29, 1.82) is 0 Å². The average Bonchev–Trinajstić information content (AvgIpc) is 3.07. The molecular weight excluding hydrogens is 661 g/mol. The second-order valence-corrected chi connectivity index (χ2v) is 17.3. The predicted octanol–water partition coefficient (Wildman–Crippen LogP) is 11.7. The fraction of sp³-hybridized carbons (Fsp3) is 0.929. The topological polar surface area (TPSA) is 102 Å². The summed E-state index contributed by atoms with van der Waals surface area (Å²) in [5, 5.41) is 9.87. The predicted molar refractivity (Wildman–Crippen MR) is 215 cm³/mol. The van der Waals surface area contributed by atoms with E-state index >= 15 is 0 Å². The van der Waals surface area contributed by atoms with Crippen molar-refractivity contribution in [2.24, 2.45) is 0 Å². The number of nitrogens with zero attached hydrogens (tertiary/aromatic N) is 1. The van der Waals surface area contributed by atoms with Gasteiger partial charge in [-0.1, -0.05) is 154 Å². The number of hydrogen-bond acceptors (Lipinski definition) is 6. The first-order valence-electron chi connectivity index (χ1n) is 21.4. The van der Waals surface area contributed by atoms with Crippen molar-refractivity contribution in [2.75, 3.05) is 47.5 Å². The van der Waals surface area contributed by atoms with E-state index in [-0.39, 0.29) is 25.1 Å². The van der Waals surface area contributed by atoms with Crippen molar-refractivity contribution >= 4 is 13.6 Å². The first-order chi connectivity index (χ1) is 24.5. The van der Waals surface area contributed by atoms with Crippen LogP contribution in [0.15, 0.2) is 12.2 Å². The minimum absolute atomic E-state index is 0.0571. The highest BCUT2D eigenvalue weighted by atomic mass is 31.2. The van der Waals surface area contributed by atoms with Crippen molar-refractivity contribution < 1.29 is 37.6 Å². The molecule has 0 aliphatic carbocycles. The maximum Gasteiger partial charge on any atom is 0.472 e. The molecule has 2 unspecified atom stereocenters. The van der Waals surface area contributed by atoms with E-state index < -0.39 is 20.5 Å². The Kier molecular flexibility index (Phi) is 34.7. The second kappa shape index (κ2) is 35.1. The first kappa shape index (κ1) is 50.4. The number of carbonyl (C=O) groups excluding carboxylic acids is 1. The monoisotopic (exact) mass is 747 g/mol. The lowest BCUT2D eigenvalue weighted by Crippen LogP contribution is -2.37. The van der Waals surface area contributed by atoms with Crippen LogP contribution in [0.25, 0.3) is 0 Å². The van der Waals surface area contributed by atoms with E-state index in [1.54, 1.807) is 0 Å². The minimum Gasteiger partial charge on any atom is -0.394 e. The van der Waals surface area contributed by atoms with Crippen molar-refractivity contribution in [3.63, 3.8) is 0 Å². The molecule has 0 amide bonds. The van der Waals surface area contributed by atoms with Crippen molar-refractivity contribution in [3.05, 3.63) is 12.2 Å². The second-order valence-electron chi connectivity index (χ2n) is 15.9. The highest BCUT2D eigenvalue weighted by Gasteiger charge is 2.28. The molecule has 0 aromatic heterocycles. The number of likely N-dealkylation sites (N-methyl/N-ethyl adjacent to an activating group) is 1. The van der Waals surface area contributed by atoms with Crippen LogP contribution in [0.1, 0.15) is 194 Å². The molecule has 8 nitrogen and oxygen atoms in total. The third-order valence-electron chi connectivity index (χ3n) is 9.57. The number of phosphoric acid groups is 1. The van der Waals surface area contributed by atoms with Gasteiger partial charge < -0.3 is 19.2 Å². The van der Waals surface area contributed by atoms with Gasteiger partial charge in [0.25, 0.3) is 0 Å². The number of rotatable bonds is 40. The molecule has 0 bridgehead atoms. The summed E-state index contributed by atoms with van der Waals surface area (Å²) in [7, 11) is 1.54. The molecule has 0 aromatic rings. The normalized spacial score (nSPS) is 14.6. The minimum atomic E-state index is -4.35. The van der Waals surface area contributed by atoms with Gasteiger partial charge in [0.1, 0.15) is 25.0 Å². The lowest BCUT2D eigenvalue weighted by atomic mass is 10.0. The maximum absolute atomic E-state index is 13.0. The van der Waals surface area contributed by atoms with Crippen LogP contribution in [0.3, 0.4) is 0 Å². The summed E-state index contributed by atoms with van der Waals surface area (Å²) in [4.78, 5) is 23.2. The zero-order chi connectivity index (χ0) is 37.9. The molecule has 9 heteroatoms. The van der Waals surface area contributed by atoms with E-state index in [0.29, 0.717) is 23.9 Å². The Balaban J connectivity index is 4.55. The molecule has 0 aliphatic heterocycles. The van der Waals surface area contributed by atoms with Crippen LogP contribution in [-0.4, -0.2) is 80.0 Å². The van der Waals surface area contributed by atoms with Crippen LogP contribution in [0.5, 0.6) is 0 Å². The third kappa shape index (κ3) is 37.5. The van der Waals surface area contributed by atoms with Gasteiger partial charge in [0.05, 0.1) is 40.5 Å². The summed E-state index contributed by atoms with van der Waals surface area (Å²) < 4.78 is 29.5. The van der Waals surface area contributed by atoms with E-state index in [9.17, 15) is 19.4 Å². The molecular formula is C42H85NO7P+. The number of ether oxygens (including phenoxy) is 1. The molecule has 0 fully saturated rings.